The molecule has 0 saturated carbocycles. The molecule has 0 atom stereocenters. The predicted molar refractivity (Wildman–Crippen MR) is 217 cm³/mol. The fourth-order valence-electron chi connectivity index (χ4n) is 8.28. The van der Waals surface area contributed by atoms with Crippen molar-refractivity contribution in [2.45, 2.75) is 0 Å². The highest BCUT2D eigenvalue weighted by Gasteiger charge is 2.23. The smallest absolute Gasteiger partial charge is 0.238 e. The second-order valence-electron chi connectivity index (χ2n) is 13.7. The van der Waals surface area contributed by atoms with Gasteiger partial charge in [0.25, 0.3) is 0 Å². The average molecular weight is 693 g/mol. The summed E-state index contributed by atoms with van der Waals surface area (Å²) in [5, 5.41) is 10.7. The number of hydrogen-bond acceptors (Lipinski definition) is 4. The normalized spacial score (nSPS) is 12.1. The van der Waals surface area contributed by atoms with Crippen LogP contribution in [0.4, 0.5) is 0 Å². The number of aromatic nitrogens is 8. The van der Waals surface area contributed by atoms with Gasteiger partial charge in [0.05, 0.1) is 50.5 Å². The lowest BCUT2D eigenvalue weighted by Gasteiger charge is -2.25. The molecule has 7 aromatic carbocycles. The zero-order valence-electron chi connectivity index (χ0n) is 28.7. The third-order valence-corrected chi connectivity index (χ3v) is 10.6. The Morgan fingerprint density at radius 3 is 1.76 bits per heavy atom. The van der Waals surface area contributed by atoms with E-state index >= 15 is 0 Å². The largest absolute Gasteiger partial charge is 0.278 e. The molecule has 0 radical (unpaired) electrons. The van der Waals surface area contributed by atoms with Crippen molar-refractivity contribution >= 4 is 65.5 Å². The van der Waals surface area contributed by atoms with Gasteiger partial charge < -0.3 is 0 Å². The summed E-state index contributed by atoms with van der Waals surface area (Å²) in [6.45, 7) is 0. The van der Waals surface area contributed by atoms with Crippen LogP contribution in [-0.4, -0.2) is 38.3 Å². The van der Waals surface area contributed by atoms with Crippen LogP contribution in [0.25, 0.3) is 100.0 Å². The van der Waals surface area contributed by atoms with Gasteiger partial charge in [0.2, 0.25) is 5.95 Å². The van der Waals surface area contributed by atoms with Crippen LogP contribution in [0, 0.1) is 0 Å². The monoisotopic (exact) mass is 692 g/mol. The van der Waals surface area contributed by atoms with Crippen LogP contribution < -0.4 is 0 Å². The van der Waals surface area contributed by atoms with Gasteiger partial charge in [0.15, 0.2) is 11.6 Å². The van der Waals surface area contributed by atoms with E-state index < -0.39 is 0 Å². The maximum Gasteiger partial charge on any atom is 0.238 e. The number of nitrogens with zero attached hydrogens (tertiary/aromatic N) is 8. The third-order valence-electron chi connectivity index (χ3n) is 10.6. The van der Waals surface area contributed by atoms with E-state index in [1.54, 1.807) is 0 Å². The Morgan fingerprint density at radius 2 is 1.02 bits per heavy atom. The molecule has 12 aromatic rings. The molecule has 8 heteroatoms. The minimum Gasteiger partial charge on any atom is -0.278 e. The fourth-order valence-corrected chi connectivity index (χ4v) is 8.28. The lowest BCUT2D eigenvalue weighted by molar-refractivity contribution is 0.799. The zero-order chi connectivity index (χ0) is 35.3. The van der Waals surface area contributed by atoms with E-state index in [0.717, 1.165) is 71.5 Å². The molecule has 0 spiro atoms. The fraction of sp³-hybridized carbons (Fsp3) is 0. The van der Waals surface area contributed by atoms with Gasteiger partial charge in [-0.15, -0.1) is 0 Å². The van der Waals surface area contributed by atoms with Gasteiger partial charge in [-0.1, -0.05) is 127 Å². The van der Waals surface area contributed by atoms with Crippen molar-refractivity contribution in [1.29, 1.82) is 0 Å². The molecule has 5 heterocycles. The molecule has 252 valence electrons. The second-order valence-corrected chi connectivity index (χ2v) is 13.7. The van der Waals surface area contributed by atoms with E-state index in [4.69, 9.17) is 20.1 Å². The van der Waals surface area contributed by atoms with Crippen molar-refractivity contribution in [1.82, 2.24) is 38.3 Å². The van der Waals surface area contributed by atoms with Gasteiger partial charge in [-0.25, -0.2) is 18.7 Å². The van der Waals surface area contributed by atoms with Gasteiger partial charge in [-0.3, -0.25) is 4.57 Å². The lowest BCUT2D eigenvalue weighted by Crippen LogP contribution is -2.17. The van der Waals surface area contributed by atoms with Crippen LogP contribution in [0.15, 0.2) is 170 Å². The van der Waals surface area contributed by atoms with Gasteiger partial charge in [-0.05, 0) is 36.4 Å². The highest BCUT2D eigenvalue weighted by molar-refractivity contribution is 6.17. The van der Waals surface area contributed by atoms with Crippen LogP contribution in [0.5, 0.6) is 0 Å². The van der Waals surface area contributed by atoms with Crippen LogP contribution >= 0.6 is 0 Å². The Hall–Kier alpha value is -7.58. The van der Waals surface area contributed by atoms with Gasteiger partial charge in [-0.2, -0.15) is 15.1 Å². The van der Waals surface area contributed by atoms with E-state index in [2.05, 4.69) is 121 Å². The number of rotatable bonds is 4. The van der Waals surface area contributed by atoms with Gasteiger partial charge >= 0.3 is 0 Å². The molecule has 12 rings (SSSR count). The summed E-state index contributed by atoms with van der Waals surface area (Å²) in [6.07, 6.45) is 1.97. The van der Waals surface area contributed by atoms with E-state index in [0.29, 0.717) is 17.6 Å². The highest BCUT2D eigenvalue weighted by Crippen LogP contribution is 2.39. The van der Waals surface area contributed by atoms with E-state index in [9.17, 15) is 0 Å². The Kier molecular flexibility index (Phi) is 5.90. The summed E-state index contributed by atoms with van der Waals surface area (Å²) < 4.78 is 8.95. The molecule has 0 fully saturated rings. The zero-order valence-corrected chi connectivity index (χ0v) is 28.7. The molecule has 0 amide bonds. The lowest BCUT2D eigenvalue weighted by atomic mass is 10.1. The molecule has 0 aliphatic rings. The first kappa shape index (κ1) is 29.0. The Morgan fingerprint density at radius 1 is 0.407 bits per heavy atom. The van der Waals surface area contributed by atoms with Crippen molar-refractivity contribution in [3.8, 4) is 34.4 Å². The summed E-state index contributed by atoms with van der Waals surface area (Å²) in [5.41, 5.74) is 10.3. The summed E-state index contributed by atoms with van der Waals surface area (Å²) in [6, 6.07) is 57.0. The highest BCUT2D eigenvalue weighted by atomic mass is 15.4. The van der Waals surface area contributed by atoms with Crippen LogP contribution in [0.2, 0.25) is 0 Å². The molecule has 5 aromatic heterocycles. The first-order valence-corrected chi connectivity index (χ1v) is 18.0. The van der Waals surface area contributed by atoms with Gasteiger partial charge in [0, 0.05) is 38.1 Å². The number of benzene rings is 7. The number of fused-ring (bicyclic) bond motifs is 7. The summed E-state index contributed by atoms with van der Waals surface area (Å²) >= 11 is 0. The summed E-state index contributed by atoms with van der Waals surface area (Å²) in [4.78, 5) is 15.4. The average Bonchev–Trinajstić information content (AvgIpc) is 3.80. The van der Waals surface area contributed by atoms with Gasteiger partial charge in [0.1, 0.15) is 0 Å². The molecule has 0 aliphatic heterocycles. The minimum absolute atomic E-state index is 0.549. The molecular weight excluding hydrogens is 665 g/mol. The van der Waals surface area contributed by atoms with Crippen LogP contribution in [-0.2, 0) is 0 Å². The summed E-state index contributed by atoms with van der Waals surface area (Å²) in [7, 11) is 0. The van der Waals surface area contributed by atoms with E-state index in [1.807, 2.05) is 66.9 Å². The van der Waals surface area contributed by atoms with Crippen molar-refractivity contribution in [2.24, 2.45) is 0 Å². The molecule has 8 nitrogen and oxygen atoms in total. The first-order valence-electron chi connectivity index (χ1n) is 18.0. The molecule has 0 bridgehead atoms. The van der Waals surface area contributed by atoms with Crippen molar-refractivity contribution in [3.05, 3.63) is 170 Å². The van der Waals surface area contributed by atoms with Crippen molar-refractivity contribution < 1.29 is 0 Å². The maximum atomic E-state index is 5.19. The Labute approximate surface area is 307 Å². The molecule has 0 unspecified atom stereocenters. The van der Waals surface area contributed by atoms with E-state index in [-0.39, 0.29) is 0 Å². The van der Waals surface area contributed by atoms with Crippen molar-refractivity contribution in [2.75, 3.05) is 0 Å². The maximum absolute atomic E-state index is 5.19. The molecule has 54 heavy (non-hydrogen) atoms. The Bertz CT molecular complexity index is 3370. The summed E-state index contributed by atoms with van der Waals surface area (Å²) in [5.74, 6) is 1.78. The minimum atomic E-state index is 0.549. The quantitative estimate of drug-likeness (QED) is 0.184. The molecule has 0 N–H and O–H groups in total. The topological polar surface area (TPSA) is 70.2 Å². The molecule has 0 saturated heterocycles. The third kappa shape index (κ3) is 4.02. The second kappa shape index (κ2) is 11.0. The van der Waals surface area contributed by atoms with Crippen LogP contribution in [0.1, 0.15) is 0 Å². The standard InChI is InChI=1S/C46H28N8/c1-4-14-29(15-5-1)44-48-45(30-16-6-2-7-17-30)50-46(49-44)51-37-24-11-10-21-33(37)36-26-41-40(27-39(36)51)52-42-31(28-47-52)18-12-22-34(42)35-23-13-25-38-43(35)54(41)53(38)32-19-8-3-9-20-32/h1-28H. The number of para-hydroxylation sites is 4. The van der Waals surface area contributed by atoms with Crippen molar-refractivity contribution in [3.63, 3.8) is 0 Å². The first-order chi connectivity index (χ1) is 26.8. The Balaban J connectivity index is 1.27. The van der Waals surface area contributed by atoms with Crippen LogP contribution in [0.3, 0.4) is 0 Å². The molecule has 0 aliphatic carbocycles. The van der Waals surface area contributed by atoms with E-state index in [1.165, 1.54) is 10.9 Å². The molecular formula is C46H28N8. The SMILES string of the molecule is c1ccc(-c2nc(-c3ccccc3)nc(-n3c4ccccc4c4cc5c(cc43)n3ncc4cccc(c6cccc7c6n5n7-c5ccccc5)c43)n2)cc1. The number of hydrogen-bond donors (Lipinski definition) is 0. The predicted octanol–water partition coefficient (Wildman–Crippen LogP) is 10.5.